The van der Waals surface area contributed by atoms with Crippen molar-refractivity contribution in [3.8, 4) is 0 Å². The number of nitrogens with one attached hydrogen (secondary N) is 1. The molecule has 6 heteroatoms. The molecule has 1 N–H and O–H groups in total. The molecule has 0 aliphatic carbocycles. The van der Waals surface area contributed by atoms with E-state index in [1.54, 1.807) is 11.3 Å². The van der Waals surface area contributed by atoms with Gasteiger partial charge in [-0.25, -0.2) is 4.98 Å². The van der Waals surface area contributed by atoms with Gasteiger partial charge in [-0.2, -0.15) is 0 Å². The summed E-state index contributed by atoms with van der Waals surface area (Å²) >= 11 is 8.74. The van der Waals surface area contributed by atoms with E-state index >= 15 is 0 Å². The highest BCUT2D eigenvalue weighted by Crippen LogP contribution is 2.29. The van der Waals surface area contributed by atoms with Gasteiger partial charge < -0.3 is 5.32 Å². The summed E-state index contributed by atoms with van der Waals surface area (Å²) in [5.41, 5.74) is 2.08. The highest BCUT2D eigenvalue weighted by atomic mass is 79.9. The number of para-hydroxylation sites is 1. The molecule has 1 atom stereocenters. The number of hydrogen-bond acceptors (Lipinski definition) is 4. The van der Waals surface area contributed by atoms with E-state index in [4.69, 9.17) is 4.98 Å². The van der Waals surface area contributed by atoms with Crippen LogP contribution in [0.2, 0.25) is 0 Å². The van der Waals surface area contributed by atoms with Crippen molar-refractivity contribution in [3.05, 3.63) is 56.2 Å². The number of rotatable bonds is 4. The van der Waals surface area contributed by atoms with Gasteiger partial charge >= 0.3 is 0 Å². The maximum Gasteiger partial charge on any atom is 0.111 e. The fourth-order valence-corrected chi connectivity index (χ4v) is 4.37. The summed E-state index contributed by atoms with van der Waals surface area (Å²) in [7, 11) is 1.96. The topological polar surface area (TPSA) is 37.8 Å². The van der Waals surface area contributed by atoms with Crippen LogP contribution < -0.4 is 5.32 Å². The Morgan fingerprint density at radius 2 is 2.10 bits per heavy atom. The van der Waals surface area contributed by atoms with Crippen molar-refractivity contribution in [1.29, 1.82) is 0 Å². The van der Waals surface area contributed by atoms with E-state index < -0.39 is 0 Å². The van der Waals surface area contributed by atoms with Gasteiger partial charge in [-0.1, -0.05) is 12.1 Å². The molecule has 0 saturated heterocycles. The second kappa shape index (κ2) is 6.52. The van der Waals surface area contributed by atoms with E-state index in [0.717, 1.165) is 31.6 Å². The lowest BCUT2D eigenvalue weighted by molar-refractivity contribution is 0.580. The number of benzene rings is 1. The Balaban J connectivity index is 1.90. The van der Waals surface area contributed by atoms with Crippen LogP contribution in [0.5, 0.6) is 0 Å². The second-order valence-corrected chi connectivity index (χ2v) is 7.48. The quantitative estimate of drug-likeness (QED) is 0.655. The molecule has 108 valence electrons. The molecule has 21 heavy (non-hydrogen) atoms. The highest BCUT2D eigenvalue weighted by Gasteiger charge is 2.17. The molecular weight excluding hydrogens is 414 g/mol. The number of hydrogen-bond donors (Lipinski definition) is 1. The maximum absolute atomic E-state index is 4.73. The van der Waals surface area contributed by atoms with Crippen molar-refractivity contribution in [2.45, 2.75) is 12.5 Å². The molecule has 1 aromatic carbocycles. The van der Waals surface area contributed by atoms with Crippen LogP contribution in [0, 0.1) is 0 Å². The van der Waals surface area contributed by atoms with Crippen LogP contribution in [0.1, 0.15) is 16.7 Å². The summed E-state index contributed by atoms with van der Waals surface area (Å²) in [5, 5.41) is 4.44. The molecule has 3 rings (SSSR count). The Kier molecular flexibility index (Phi) is 4.69. The molecule has 3 nitrogen and oxygen atoms in total. The molecule has 2 heterocycles. The average Bonchev–Trinajstić information content (AvgIpc) is 2.90. The molecule has 0 spiro atoms. The first-order valence-corrected chi connectivity index (χ1v) is 8.90. The Morgan fingerprint density at radius 3 is 2.81 bits per heavy atom. The van der Waals surface area contributed by atoms with Gasteiger partial charge in [0.2, 0.25) is 0 Å². The van der Waals surface area contributed by atoms with Crippen molar-refractivity contribution in [3.63, 3.8) is 0 Å². The van der Waals surface area contributed by atoms with E-state index in [2.05, 4.69) is 54.3 Å². The first-order valence-electron chi connectivity index (χ1n) is 6.50. The van der Waals surface area contributed by atoms with Gasteiger partial charge in [0.05, 0.1) is 22.0 Å². The van der Waals surface area contributed by atoms with Gasteiger partial charge in [0.15, 0.2) is 0 Å². The van der Waals surface area contributed by atoms with Crippen molar-refractivity contribution in [2.24, 2.45) is 0 Å². The maximum atomic E-state index is 4.73. The third kappa shape index (κ3) is 3.34. The summed E-state index contributed by atoms with van der Waals surface area (Å²) in [6.45, 7) is 0. The van der Waals surface area contributed by atoms with Crippen LogP contribution >= 0.6 is 43.2 Å². The molecular formula is C15H13Br2N3S. The number of fused-ring (bicyclic) bond motifs is 1. The molecule has 0 fully saturated rings. The minimum atomic E-state index is 0.160. The zero-order valence-electron chi connectivity index (χ0n) is 11.3. The van der Waals surface area contributed by atoms with Gasteiger partial charge in [0.25, 0.3) is 0 Å². The van der Waals surface area contributed by atoms with Crippen LogP contribution in [-0.4, -0.2) is 17.0 Å². The molecule has 0 amide bonds. The standard InChI is InChI=1S/C15H13Br2N3S/c1-18-13(7-12-10(17)6-9(16)8-19-12)15-20-11-4-2-3-5-14(11)21-15/h2-6,8,13,18H,7H2,1H3. The predicted octanol–water partition coefficient (Wildman–Crippen LogP) is 4.72. The molecule has 0 aliphatic rings. The largest absolute Gasteiger partial charge is 0.311 e. The SMILES string of the molecule is CNC(Cc1ncc(Br)cc1Br)c1nc2ccccc2s1. The number of thiazole rings is 1. The minimum Gasteiger partial charge on any atom is -0.311 e. The summed E-state index contributed by atoms with van der Waals surface area (Å²) < 4.78 is 3.20. The van der Waals surface area contributed by atoms with Gasteiger partial charge in [0.1, 0.15) is 5.01 Å². The molecule has 2 aromatic heterocycles. The zero-order chi connectivity index (χ0) is 14.8. The van der Waals surface area contributed by atoms with Crippen molar-refractivity contribution in [1.82, 2.24) is 15.3 Å². The monoisotopic (exact) mass is 425 g/mol. The molecule has 0 saturated carbocycles. The predicted molar refractivity (Wildman–Crippen MR) is 94.8 cm³/mol. The average molecular weight is 427 g/mol. The Bertz CT molecular complexity index is 739. The Labute approximate surface area is 144 Å². The zero-order valence-corrected chi connectivity index (χ0v) is 15.3. The molecule has 0 bridgehead atoms. The molecule has 0 radical (unpaired) electrons. The molecule has 1 unspecified atom stereocenters. The number of likely N-dealkylation sites (N-methyl/N-ethyl adjacent to an activating group) is 1. The fourth-order valence-electron chi connectivity index (χ4n) is 2.14. The van der Waals surface area contributed by atoms with E-state index in [-0.39, 0.29) is 6.04 Å². The van der Waals surface area contributed by atoms with Gasteiger partial charge in [-0.15, -0.1) is 11.3 Å². The van der Waals surface area contributed by atoms with Crippen molar-refractivity contribution >= 4 is 53.4 Å². The molecule has 0 aliphatic heterocycles. The van der Waals surface area contributed by atoms with Gasteiger partial charge in [-0.05, 0) is 57.1 Å². The van der Waals surface area contributed by atoms with E-state index in [0.29, 0.717) is 0 Å². The lowest BCUT2D eigenvalue weighted by Crippen LogP contribution is -2.19. The van der Waals surface area contributed by atoms with Gasteiger partial charge in [0, 0.05) is 21.6 Å². The summed E-state index contributed by atoms with van der Waals surface area (Å²) in [6.07, 6.45) is 2.62. The summed E-state index contributed by atoms with van der Waals surface area (Å²) in [4.78, 5) is 9.22. The minimum absolute atomic E-state index is 0.160. The first kappa shape index (κ1) is 15.1. The van der Waals surface area contributed by atoms with Gasteiger partial charge in [-0.3, -0.25) is 4.98 Å². The van der Waals surface area contributed by atoms with Crippen LogP contribution in [0.4, 0.5) is 0 Å². The lowest BCUT2D eigenvalue weighted by Gasteiger charge is -2.13. The third-order valence-corrected chi connectivity index (χ3v) is 5.51. The van der Waals surface area contributed by atoms with Crippen molar-refractivity contribution in [2.75, 3.05) is 7.05 Å². The number of pyridine rings is 1. The van der Waals surface area contributed by atoms with E-state index in [1.807, 2.05) is 31.4 Å². The Hall–Kier alpha value is -0.820. The summed E-state index contributed by atoms with van der Waals surface area (Å²) in [5.74, 6) is 0. The number of nitrogens with zero attached hydrogens (tertiary/aromatic N) is 2. The van der Waals surface area contributed by atoms with E-state index in [1.165, 1.54) is 4.70 Å². The Morgan fingerprint density at radius 1 is 1.29 bits per heavy atom. The van der Waals surface area contributed by atoms with Crippen LogP contribution in [-0.2, 0) is 6.42 Å². The highest BCUT2D eigenvalue weighted by molar-refractivity contribution is 9.11. The number of halogens is 2. The first-order chi connectivity index (χ1) is 10.2. The van der Waals surface area contributed by atoms with Crippen molar-refractivity contribution < 1.29 is 0 Å². The van der Waals surface area contributed by atoms with Crippen LogP contribution in [0.15, 0.2) is 45.5 Å². The van der Waals surface area contributed by atoms with E-state index in [9.17, 15) is 0 Å². The lowest BCUT2D eigenvalue weighted by atomic mass is 10.1. The van der Waals surface area contributed by atoms with Crippen LogP contribution in [0.3, 0.4) is 0 Å². The normalized spacial score (nSPS) is 12.7. The smallest absolute Gasteiger partial charge is 0.111 e. The summed E-state index contributed by atoms with van der Waals surface area (Å²) in [6, 6.07) is 10.4. The second-order valence-electron chi connectivity index (χ2n) is 4.65. The van der Waals surface area contributed by atoms with Crippen LogP contribution in [0.25, 0.3) is 10.2 Å². The fraction of sp³-hybridized carbons (Fsp3) is 0.200. The number of aromatic nitrogens is 2. The molecule has 3 aromatic rings. The third-order valence-electron chi connectivity index (χ3n) is 3.24.